The van der Waals surface area contributed by atoms with E-state index in [4.69, 9.17) is 4.74 Å². The van der Waals surface area contributed by atoms with E-state index in [1.54, 1.807) is 0 Å². The Balaban J connectivity index is 1.56. The van der Waals surface area contributed by atoms with E-state index < -0.39 is 0 Å². The molecule has 1 aliphatic rings. The van der Waals surface area contributed by atoms with E-state index in [-0.39, 0.29) is 24.5 Å². The van der Waals surface area contributed by atoms with Gasteiger partial charge in [-0.3, -0.25) is 9.59 Å². The van der Waals surface area contributed by atoms with Crippen LogP contribution in [0.3, 0.4) is 0 Å². The van der Waals surface area contributed by atoms with E-state index in [2.05, 4.69) is 42.6 Å². The molecule has 0 unspecified atom stereocenters. The number of nitrogens with zero attached hydrogens (tertiary/aromatic N) is 1. The molecule has 2 amide bonds. The van der Waals surface area contributed by atoms with Crippen LogP contribution in [0.1, 0.15) is 47.2 Å². The molecule has 0 aromatic heterocycles. The summed E-state index contributed by atoms with van der Waals surface area (Å²) in [4.78, 5) is 27.1. The highest BCUT2D eigenvalue weighted by Gasteiger charge is 2.31. The second-order valence-corrected chi connectivity index (χ2v) is 8.57. The zero-order valence-corrected chi connectivity index (χ0v) is 19.4. The van der Waals surface area contributed by atoms with Gasteiger partial charge < -0.3 is 15.0 Å². The highest BCUT2D eigenvalue weighted by molar-refractivity contribution is 5.91. The molecule has 170 valence electrons. The van der Waals surface area contributed by atoms with Gasteiger partial charge in [0.2, 0.25) is 5.91 Å². The Kier molecular flexibility index (Phi) is 6.78. The summed E-state index contributed by atoms with van der Waals surface area (Å²) in [6.45, 7) is 6.55. The summed E-state index contributed by atoms with van der Waals surface area (Å²) in [5, 5.41) is 2.87. The van der Waals surface area contributed by atoms with Gasteiger partial charge in [-0.25, -0.2) is 0 Å². The maximum Gasteiger partial charge on any atom is 0.262 e. The molecule has 0 fully saturated rings. The molecule has 33 heavy (non-hydrogen) atoms. The SMILES string of the molecule is CCC(=O)N1CCc2ccc(OCC(=O)Nc3cccc(C)c3)cc2[C@H]1c1ccc(C)cc1. The number of ether oxygens (including phenoxy) is 1. The first-order valence-corrected chi connectivity index (χ1v) is 11.4. The molecule has 3 aromatic carbocycles. The largest absolute Gasteiger partial charge is 0.484 e. The molecule has 0 bridgehead atoms. The number of rotatable bonds is 6. The topological polar surface area (TPSA) is 58.6 Å². The van der Waals surface area contributed by atoms with Crippen molar-refractivity contribution in [1.29, 1.82) is 0 Å². The first kappa shape index (κ1) is 22.6. The number of hydrogen-bond acceptors (Lipinski definition) is 3. The molecule has 1 atom stereocenters. The molecule has 1 aliphatic heterocycles. The first-order valence-electron chi connectivity index (χ1n) is 11.4. The summed E-state index contributed by atoms with van der Waals surface area (Å²) < 4.78 is 5.85. The number of aryl methyl sites for hydroxylation is 2. The van der Waals surface area contributed by atoms with Gasteiger partial charge in [-0.2, -0.15) is 0 Å². The van der Waals surface area contributed by atoms with Gasteiger partial charge in [-0.05, 0) is 66.8 Å². The molecule has 1 heterocycles. The standard InChI is InChI=1S/C28H30N2O3/c1-4-27(32)30-15-14-21-12-13-24(17-25(21)28(30)22-10-8-19(2)9-11-22)33-18-26(31)29-23-7-5-6-20(3)16-23/h5-13,16-17,28H,4,14-15,18H2,1-3H3,(H,29,31)/t28-/m1/s1. The van der Waals surface area contributed by atoms with Gasteiger partial charge in [-0.15, -0.1) is 0 Å². The molecule has 1 N–H and O–H groups in total. The van der Waals surface area contributed by atoms with Gasteiger partial charge in [0.25, 0.3) is 5.91 Å². The van der Waals surface area contributed by atoms with E-state index in [0.29, 0.717) is 18.7 Å². The molecular formula is C28H30N2O3. The lowest BCUT2D eigenvalue weighted by Gasteiger charge is -2.38. The van der Waals surface area contributed by atoms with Crippen molar-refractivity contribution in [3.05, 3.63) is 94.5 Å². The van der Waals surface area contributed by atoms with Crippen LogP contribution in [-0.2, 0) is 16.0 Å². The van der Waals surface area contributed by atoms with Crippen LogP contribution in [0.2, 0.25) is 0 Å². The fourth-order valence-electron chi connectivity index (χ4n) is 4.33. The zero-order valence-electron chi connectivity index (χ0n) is 19.4. The smallest absolute Gasteiger partial charge is 0.262 e. The van der Waals surface area contributed by atoms with Crippen molar-refractivity contribution in [1.82, 2.24) is 4.90 Å². The van der Waals surface area contributed by atoms with Crippen molar-refractivity contribution in [2.24, 2.45) is 0 Å². The number of benzene rings is 3. The van der Waals surface area contributed by atoms with Crippen LogP contribution in [0.5, 0.6) is 5.75 Å². The second kappa shape index (κ2) is 9.90. The molecule has 3 aromatic rings. The van der Waals surface area contributed by atoms with E-state index in [1.165, 1.54) is 11.1 Å². The maximum atomic E-state index is 12.8. The van der Waals surface area contributed by atoms with Gasteiger partial charge in [-0.1, -0.05) is 55.0 Å². The van der Waals surface area contributed by atoms with Crippen LogP contribution in [0.25, 0.3) is 0 Å². The Hall–Kier alpha value is -3.60. The summed E-state index contributed by atoms with van der Waals surface area (Å²) in [6, 6.07) is 21.8. The quantitative estimate of drug-likeness (QED) is 0.570. The predicted octanol–water partition coefficient (Wildman–Crippen LogP) is 5.21. The number of carbonyl (C=O) groups is 2. The Bertz CT molecular complexity index is 1150. The van der Waals surface area contributed by atoms with Crippen LogP contribution >= 0.6 is 0 Å². The predicted molar refractivity (Wildman–Crippen MR) is 130 cm³/mol. The lowest BCUT2D eigenvalue weighted by Crippen LogP contribution is -2.40. The monoisotopic (exact) mass is 442 g/mol. The summed E-state index contributed by atoms with van der Waals surface area (Å²) in [5.41, 5.74) is 6.36. The van der Waals surface area contributed by atoms with E-state index in [9.17, 15) is 9.59 Å². The fraction of sp³-hybridized carbons (Fsp3) is 0.286. The minimum Gasteiger partial charge on any atom is -0.484 e. The molecule has 0 radical (unpaired) electrons. The van der Waals surface area contributed by atoms with Crippen molar-refractivity contribution < 1.29 is 14.3 Å². The van der Waals surface area contributed by atoms with Gasteiger partial charge in [0.05, 0.1) is 6.04 Å². The normalized spacial score (nSPS) is 15.0. The Labute approximate surface area is 195 Å². The molecule has 0 saturated carbocycles. The Morgan fingerprint density at radius 1 is 1.00 bits per heavy atom. The Morgan fingerprint density at radius 2 is 1.79 bits per heavy atom. The number of carbonyl (C=O) groups excluding carboxylic acids is 2. The number of nitrogens with one attached hydrogen (secondary N) is 1. The maximum absolute atomic E-state index is 12.8. The highest BCUT2D eigenvalue weighted by atomic mass is 16.5. The molecular weight excluding hydrogens is 412 g/mol. The van der Waals surface area contributed by atoms with E-state index in [1.807, 2.05) is 55.1 Å². The van der Waals surface area contributed by atoms with Crippen molar-refractivity contribution >= 4 is 17.5 Å². The fourth-order valence-corrected chi connectivity index (χ4v) is 4.33. The van der Waals surface area contributed by atoms with Crippen LogP contribution in [-0.4, -0.2) is 29.9 Å². The summed E-state index contributed by atoms with van der Waals surface area (Å²) in [5.74, 6) is 0.544. The third-order valence-electron chi connectivity index (χ3n) is 6.03. The molecule has 0 spiro atoms. The third-order valence-corrected chi connectivity index (χ3v) is 6.03. The minimum atomic E-state index is -0.212. The van der Waals surface area contributed by atoms with Gasteiger partial charge in [0.15, 0.2) is 6.61 Å². The van der Waals surface area contributed by atoms with Crippen LogP contribution in [0.4, 0.5) is 5.69 Å². The van der Waals surface area contributed by atoms with Crippen molar-refractivity contribution in [2.45, 2.75) is 39.7 Å². The van der Waals surface area contributed by atoms with Gasteiger partial charge >= 0.3 is 0 Å². The Morgan fingerprint density at radius 3 is 2.52 bits per heavy atom. The summed E-state index contributed by atoms with van der Waals surface area (Å²) in [7, 11) is 0. The van der Waals surface area contributed by atoms with Gasteiger partial charge in [0.1, 0.15) is 5.75 Å². The molecule has 5 nitrogen and oxygen atoms in total. The third kappa shape index (κ3) is 5.25. The summed E-state index contributed by atoms with van der Waals surface area (Å²) in [6.07, 6.45) is 1.27. The zero-order chi connectivity index (χ0) is 23.4. The average molecular weight is 443 g/mol. The summed E-state index contributed by atoms with van der Waals surface area (Å²) >= 11 is 0. The van der Waals surface area contributed by atoms with Crippen molar-refractivity contribution in [3.8, 4) is 5.75 Å². The van der Waals surface area contributed by atoms with Crippen molar-refractivity contribution in [3.63, 3.8) is 0 Å². The first-order chi connectivity index (χ1) is 15.9. The van der Waals surface area contributed by atoms with Gasteiger partial charge in [0, 0.05) is 18.7 Å². The second-order valence-electron chi connectivity index (χ2n) is 8.57. The average Bonchev–Trinajstić information content (AvgIpc) is 2.82. The van der Waals surface area contributed by atoms with E-state index >= 15 is 0 Å². The highest BCUT2D eigenvalue weighted by Crippen LogP contribution is 2.37. The van der Waals surface area contributed by atoms with E-state index in [0.717, 1.165) is 28.8 Å². The molecule has 4 rings (SSSR count). The van der Waals surface area contributed by atoms with Crippen molar-refractivity contribution in [2.75, 3.05) is 18.5 Å². The molecule has 5 heteroatoms. The van der Waals surface area contributed by atoms with Crippen LogP contribution in [0.15, 0.2) is 66.7 Å². The lowest BCUT2D eigenvalue weighted by atomic mass is 9.87. The molecule has 0 saturated heterocycles. The molecule has 0 aliphatic carbocycles. The number of anilines is 1. The minimum absolute atomic E-state index is 0.0838. The van der Waals surface area contributed by atoms with Crippen LogP contribution in [0, 0.1) is 13.8 Å². The number of hydrogen-bond donors (Lipinski definition) is 1. The van der Waals surface area contributed by atoms with Crippen LogP contribution < -0.4 is 10.1 Å². The number of amides is 2. The number of fused-ring (bicyclic) bond motifs is 1. The lowest BCUT2D eigenvalue weighted by molar-refractivity contribution is -0.132.